The molecule has 3 rings (SSSR count). The second-order valence-electron chi connectivity index (χ2n) is 5.50. The SMILES string of the molecule is C=CCn1ncc(NC2CCN(C3CC3)C2)c(Br)c1=O. The number of rotatable bonds is 5. The number of hydrogen-bond donors (Lipinski definition) is 1. The number of aromatic nitrogens is 2. The van der Waals surface area contributed by atoms with Crippen LogP contribution in [-0.4, -0.2) is 39.9 Å². The molecule has 2 heterocycles. The zero-order valence-electron chi connectivity index (χ0n) is 11.4. The van der Waals surface area contributed by atoms with Crippen LogP contribution in [0.2, 0.25) is 0 Å². The van der Waals surface area contributed by atoms with Gasteiger partial charge in [0.2, 0.25) is 0 Å². The predicted molar refractivity (Wildman–Crippen MR) is 83.0 cm³/mol. The van der Waals surface area contributed by atoms with Crippen molar-refractivity contribution in [1.82, 2.24) is 14.7 Å². The van der Waals surface area contributed by atoms with Crippen LogP contribution in [0.25, 0.3) is 0 Å². The van der Waals surface area contributed by atoms with E-state index in [9.17, 15) is 4.79 Å². The second-order valence-corrected chi connectivity index (χ2v) is 6.30. The van der Waals surface area contributed by atoms with Gasteiger partial charge in [0, 0.05) is 25.2 Å². The minimum Gasteiger partial charge on any atom is -0.379 e. The first-order valence-electron chi connectivity index (χ1n) is 7.06. The molecule has 1 unspecified atom stereocenters. The van der Waals surface area contributed by atoms with Crippen molar-refractivity contribution in [3.8, 4) is 0 Å². The number of nitrogens with one attached hydrogen (secondary N) is 1. The van der Waals surface area contributed by atoms with Crippen LogP contribution in [0.15, 0.2) is 28.1 Å². The summed E-state index contributed by atoms with van der Waals surface area (Å²) in [6.45, 7) is 6.27. The first-order chi connectivity index (χ1) is 9.69. The van der Waals surface area contributed by atoms with E-state index in [-0.39, 0.29) is 5.56 Å². The quantitative estimate of drug-likeness (QED) is 0.832. The Kier molecular flexibility index (Phi) is 3.94. The minimum absolute atomic E-state index is 0.119. The summed E-state index contributed by atoms with van der Waals surface area (Å²) in [4.78, 5) is 14.6. The summed E-state index contributed by atoms with van der Waals surface area (Å²) < 4.78 is 1.95. The van der Waals surface area contributed by atoms with Gasteiger partial charge >= 0.3 is 0 Å². The van der Waals surface area contributed by atoms with Crippen molar-refractivity contribution in [2.24, 2.45) is 0 Å². The molecule has 1 saturated heterocycles. The van der Waals surface area contributed by atoms with Crippen molar-refractivity contribution < 1.29 is 0 Å². The molecule has 108 valence electrons. The molecule has 1 N–H and O–H groups in total. The highest BCUT2D eigenvalue weighted by Gasteiger charge is 2.34. The van der Waals surface area contributed by atoms with Gasteiger partial charge in [0.1, 0.15) is 4.47 Å². The molecule has 6 heteroatoms. The fourth-order valence-electron chi connectivity index (χ4n) is 2.71. The number of anilines is 1. The summed E-state index contributed by atoms with van der Waals surface area (Å²) in [5.41, 5.74) is 0.671. The van der Waals surface area contributed by atoms with Crippen LogP contribution in [0.3, 0.4) is 0 Å². The Morgan fingerprint density at radius 2 is 2.30 bits per heavy atom. The summed E-state index contributed by atoms with van der Waals surface area (Å²) in [7, 11) is 0. The van der Waals surface area contributed by atoms with Gasteiger partial charge in [0.05, 0.1) is 18.4 Å². The topological polar surface area (TPSA) is 50.2 Å². The van der Waals surface area contributed by atoms with E-state index < -0.39 is 0 Å². The Balaban J connectivity index is 1.69. The Labute approximate surface area is 126 Å². The summed E-state index contributed by atoms with van der Waals surface area (Å²) >= 11 is 3.38. The van der Waals surface area contributed by atoms with Crippen LogP contribution in [-0.2, 0) is 6.54 Å². The van der Waals surface area contributed by atoms with Crippen LogP contribution in [0.4, 0.5) is 5.69 Å². The molecule has 0 amide bonds. The summed E-state index contributed by atoms with van der Waals surface area (Å²) in [5, 5.41) is 7.61. The summed E-state index contributed by atoms with van der Waals surface area (Å²) in [6, 6.07) is 1.22. The maximum Gasteiger partial charge on any atom is 0.283 e. The molecule has 1 aliphatic carbocycles. The first kappa shape index (κ1) is 13.8. The van der Waals surface area contributed by atoms with E-state index in [1.165, 1.54) is 17.5 Å². The molecule has 0 spiro atoms. The molecule has 0 bridgehead atoms. The molecule has 5 nitrogen and oxygen atoms in total. The van der Waals surface area contributed by atoms with E-state index in [1.807, 2.05) is 0 Å². The molecule has 1 saturated carbocycles. The van der Waals surface area contributed by atoms with Crippen molar-refractivity contribution in [2.45, 2.75) is 37.9 Å². The molecular weight excluding hydrogens is 320 g/mol. The van der Waals surface area contributed by atoms with Gasteiger partial charge in [-0.1, -0.05) is 6.08 Å². The largest absolute Gasteiger partial charge is 0.379 e. The third kappa shape index (κ3) is 2.81. The number of likely N-dealkylation sites (tertiary alicyclic amines) is 1. The number of nitrogens with zero attached hydrogens (tertiary/aromatic N) is 3. The van der Waals surface area contributed by atoms with E-state index in [0.717, 1.165) is 31.2 Å². The number of allylic oxidation sites excluding steroid dienone is 1. The molecule has 1 aromatic heterocycles. The fourth-order valence-corrected chi connectivity index (χ4v) is 3.14. The molecule has 0 radical (unpaired) electrons. The average molecular weight is 339 g/mol. The van der Waals surface area contributed by atoms with Gasteiger partial charge < -0.3 is 5.32 Å². The molecule has 1 aromatic rings. The van der Waals surface area contributed by atoms with Crippen LogP contribution in [0.1, 0.15) is 19.3 Å². The molecule has 2 fully saturated rings. The van der Waals surface area contributed by atoms with E-state index in [4.69, 9.17) is 0 Å². The zero-order valence-corrected chi connectivity index (χ0v) is 13.0. The van der Waals surface area contributed by atoms with Crippen molar-refractivity contribution in [2.75, 3.05) is 18.4 Å². The normalized spacial score (nSPS) is 22.9. The van der Waals surface area contributed by atoms with Gasteiger partial charge in [0.15, 0.2) is 0 Å². The van der Waals surface area contributed by atoms with Gasteiger partial charge in [-0.15, -0.1) is 6.58 Å². The van der Waals surface area contributed by atoms with E-state index >= 15 is 0 Å². The maximum atomic E-state index is 12.1. The molecular formula is C14H19BrN4O. The van der Waals surface area contributed by atoms with E-state index in [1.54, 1.807) is 12.3 Å². The minimum atomic E-state index is -0.119. The first-order valence-corrected chi connectivity index (χ1v) is 7.85. The average Bonchev–Trinajstić information content (AvgIpc) is 3.19. The van der Waals surface area contributed by atoms with Crippen molar-refractivity contribution in [3.05, 3.63) is 33.7 Å². The summed E-state index contributed by atoms with van der Waals surface area (Å²) in [6.07, 6.45) is 7.19. The maximum absolute atomic E-state index is 12.1. The Morgan fingerprint density at radius 3 is 3.00 bits per heavy atom. The monoisotopic (exact) mass is 338 g/mol. The highest BCUT2D eigenvalue weighted by Crippen LogP contribution is 2.31. The lowest BCUT2D eigenvalue weighted by Gasteiger charge is -2.17. The summed E-state index contributed by atoms with van der Waals surface area (Å²) in [5.74, 6) is 0. The predicted octanol–water partition coefficient (Wildman–Crippen LogP) is 1.84. The van der Waals surface area contributed by atoms with Crippen LogP contribution >= 0.6 is 15.9 Å². The molecule has 1 aliphatic heterocycles. The lowest BCUT2D eigenvalue weighted by Crippen LogP contribution is -2.29. The molecule has 0 aromatic carbocycles. The van der Waals surface area contributed by atoms with Gasteiger partial charge in [0.25, 0.3) is 5.56 Å². The van der Waals surface area contributed by atoms with Crippen LogP contribution < -0.4 is 10.9 Å². The third-order valence-corrected chi connectivity index (χ3v) is 4.70. The van der Waals surface area contributed by atoms with Gasteiger partial charge in [-0.2, -0.15) is 5.10 Å². The Morgan fingerprint density at radius 1 is 1.50 bits per heavy atom. The lowest BCUT2D eigenvalue weighted by atomic mass is 10.2. The standard InChI is InChI=1S/C14H19BrN4O/c1-2-6-19-14(20)13(15)12(8-16-19)17-10-5-7-18(9-10)11-3-4-11/h2,8,10-11,17H,1,3-7,9H2. The zero-order chi connectivity index (χ0) is 14.1. The van der Waals surface area contributed by atoms with E-state index in [0.29, 0.717) is 17.1 Å². The molecule has 1 atom stereocenters. The van der Waals surface area contributed by atoms with Gasteiger partial charge in [-0.25, -0.2) is 4.68 Å². The Hall–Kier alpha value is -1.14. The highest BCUT2D eigenvalue weighted by atomic mass is 79.9. The lowest BCUT2D eigenvalue weighted by molar-refractivity contribution is 0.326. The van der Waals surface area contributed by atoms with Crippen LogP contribution in [0.5, 0.6) is 0 Å². The van der Waals surface area contributed by atoms with E-state index in [2.05, 4.69) is 37.8 Å². The van der Waals surface area contributed by atoms with Crippen molar-refractivity contribution in [3.63, 3.8) is 0 Å². The van der Waals surface area contributed by atoms with Crippen molar-refractivity contribution in [1.29, 1.82) is 0 Å². The smallest absolute Gasteiger partial charge is 0.283 e. The third-order valence-electron chi connectivity index (χ3n) is 3.93. The molecule has 20 heavy (non-hydrogen) atoms. The van der Waals surface area contributed by atoms with Gasteiger partial charge in [-0.3, -0.25) is 9.69 Å². The second kappa shape index (κ2) is 5.69. The van der Waals surface area contributed by atoms with Gasteiger partial charge in [-0.05, 0) is 35.2 Å². The van der Waals surface area contributed by atoms with Crippen molar-refractivity contribution >= 4 is 21.6 Å². The number of hydrogen-bond acceptors (Lipinski definition) is 4. The molecule has 2 aliphatic rings. The highest BCUT2D eigenvalue weighted by molar-refractivity contribution is 9.10. The van der Waals surface area contributed by atoms with Crippen LogP contribution in [0, 0.1) is 0 Å². The number of halogens is 1. The fraction of sp³-hybridized carbons (Fsp3) is 0.571. The Bertz CT molecular complexity index is 567.